The highest BCUT2D eigenvalue weighted by molar-refractivity contribution is 7.97. The molecule has 2 rings (SSSR count). The van der Waals surface area contributed by atoms with Crippen molar-refractivity contribution < 1.29 is 9.53 Å². The maximum atomic E-state index is 11.4. The summed E-state index contributed by atoms with van der Waals surface area (Å²) < 4.78 is 7.88. The number of ether oxygens (including phenoxy) is 1. The first-order chi connectivity index (χ1) is 7.31. The van der Waals surface area contributed by atoms with Crippen molar-refractivity contribution in [2.24, 2.45) is 0 Å². The minimum Gasteiger partial charge on any atom is -0.461 e. The second-order valence-corrected chi connectivity index (χ2v) is 3.87. The highest BCUT2D eigenvalue weighted by atomic mass is 32.2. The van der Waals surface area contributed by atoms with Gasteiger partial charge in [0.15, 0.2) is 0 Å². The van der Waals surface area contributed by atoms with Crippen molar-refractivity contribution >= 4 is 24.0 Å². The predicted octanol–water partition coefficient (Wildman–Crippen LogP) is 2.20. The van der Waals surface area contributed by atoms with Crippen LogP contribution >= 0.6 is 11.9 Å². The third-order valence-corrected chi connectivity index (χ3v) is 2.90. The molecular weight excluding hydrogens is 210 g/mol. The van der Waals surface area contributed by atoms with Crippen molar-refractivity contribution in [3.05, 3.63) is 35.5 Å². The van der Waals surface area contributed by atoms with Crippen molar-refractivity contribution in [2.75, 3.05) is 6.61 Å². The van der Waals surface area contributed by atoms with Crippen molar-refractivity contribution in [1.82, 2.24) is 4.72 Å². The van der Waals surface area contributed by atoms with Gasteiger partial charge in [0.2, 0.25) is 0 Å². The van der Waals surface area contributed by atoms with Crippen LogP contribution in [-0.4, -0.2) is 12.6 Å². The smallest absolute Gasteiger partial charge is 0.355 e. The minimum atomic E-state index is -0.306. The van der Waals surface area contributed by atoms with E-state index >= 15 is 0 Å². The Morgan fingerprint density at radius 3 is 3.07 bits per heavy atom. The molecule has 0 aliphatic carbocycles. The molecule has 0 radical (unpaired) electrons. The summed E-state index contributed by atoms with van der Waals surface area (Å²) in [7, 11) is 0. The molecule has 1 aliphatic heterocycles. The topological polar surface area (TPSA) is 38.3 Å². The van der Waals surface area contributed by atoms with Gasteiger partial charge in [0.05, 0.1) is 6.61 Å². The Hall–Kier alpha value is -1.42. The van der Waals surface area contributed by atoms with E-state index in [2.05, 4.69) is 4.72 Å². The average Bonchev–Trinajstić information content (AvgIpc) is 2.29. The van der Waals surface area contributed by atoms with Crippen molar-refractivity contribution in [3.8, 4) is 0 Å². The lowest BCUT2D eigenvalue weighted by Crippen LogP contribution is -2.19. The number of fused-ring (bicyclic) bond motifs is 1. The van der Waals surface area contributed by atoms with Crippen molar-refractivity contribution in [3.63, 3.8) is 0 Å². The van der Waals surface area contributed by atoms with Gasteiger partial charge in [-0.25, -0.2) is 4.79 Å². The zero-order chi connectivity index (χ0) is 10.7. The number of hydrogen-bond donors (Lipinski definition) is 1. The summed E-state index contributed by atoms with van der Waals surface area (Å²) in [6.07, 6.45) is 1.81. The van der Waals surface area contributed by atoms with Crippen LogP contribution in [0.4, 0.5) is 0 Å². The van der Waals surface area contributed by atoms with Crippen LogP contribution in [0.15, 0.2) is 34.9 Å². The molecule has 0 fully saturated rings. The third kappa shape index (κ3) is 2.15. The van der Waals surface area contributed by atoms with E-state index in [1.54, 1.807) is 6.92 Å². The Balaban J connectivity index is 2.25. The highest BCUT2D eigenvalue weighted by Crippen LogP contribution is 2.27. The van der Waals surface area contributed by atoms with Crippen molar-refractivity contribution in [2.45, 2.75) is 11.8 Å². The second kappa shape index (κ2) is 4.40. The van der Waals surface area contributed by atoms with Gasteiger partial charge in [0.25, 0.3) is 0 Å². The lowest BCUT2D eigenvalue weighted by molar-refractivity contribution is -0.138. The quantitative estimate of drug-likeness (QED) is 0.613. The molecule has 0 aromatic heterocycles. The first-order valence-corrected chi connectivity index (χ1v) is 5.53. The first-order valence-electron chi connectivity index (χ1n) is 4.72. The molecule has 1 aliphatic rings. The molecule has 3 nitrogen and oxygen atoms in total. The molecule has 1 N–H and O–H groups in total. The maximum absolute atomic E-state index is 11.4. The van der Waals surface area contributed by atoms with E-state index in [-0.39, 0.29) is 5.97 Å². The fraction of sp³-hybridized carbons (Fsp3) is 0.182. The Morgan fingerprint density at radius 1 is 1.47 bits per heavy atom. The van der Waals surface area contributed by atoms with Crippen LogP contribution in [0, 0.1) is 0 Å². The predicted molar refractivity (Wildman–Crippen MR) is 60.0 cm³/mol. The number of nitrogens with one attached hydrogen (secondary N) is 1. The normalized spacial score (nSPS) is 13.5. The summed E-state index contributed by atoms with van der Waals surface area (Å²) >= 11 is 1.43. The molecule has 0 spiro atoms. The standard InChI is InChI=1S/C11H11NO2S/c1-2-14-11(13)9-7-8-5-3-4-6-10(8)15-12-9/h3-7,12H,2H2,1H3. The fourth-order valence-corrected chi connectivity index (χ4v) is 2.05. The zero-order valence-electron chi connectivity index (χ0n) is 8.32. The average molecular weight is 221 g/mol. The molecular formula is C11H11NO2S. The van der Waals surface area contributed by atoms with Gasteiger partial charge >= 0.3 is 5.97 Å². The lowest BCUT2D eigenvalue weighted by Gasteiger charge is -2.15. The molecule has 1 heterocycles. The SMILES string of the molecule is CCOC(=O)C1=Cc2ccccc2SN1. The Labute approximate surface area is 92.6 Å². The van der Waals surface area contributed by atoms with Crippen LogP contribution < -0.4 is 4.72 Å². The second-order valence-electron chi connectivity index (χ2n) is 3.02. The highest BCUT2D eigenvalue weighted by Gasteiger charge is 2.16. The summed E-state index contributed by atoms with van der Waals surface area (Å²) in [5.41, 5.74) is 1.55. The molecule has 0 bridgehead atoms. The molecule has 0 saturated heterocycles. The van der Waals surface area contributed by atoms with Gasteiger partial charge in [-0.2, -0.15) is 0 Å². The Bertz CT molecular complexity index is 415. The van der Waals surface area contributed by atoms with E-state index in [0.717, 1.165) is 10.5 Å². The van der Waals surface area contributed by atoms with E-state index in [1.165, 1.54) is 11.9 Å². The largest absolute Gasteiger partial charge is 0.461 e. The molecule has 0 amide bonds. The van der Waals surface area contributed by atoms with E-state index in [0.29, 0.717) is 12.3 Å². The monoisotopic (exact) mass is 221 g/mol. The van der Waals surface area contributed by atoms with Crippen LogP contribution in [0.1, 0.15) is 12.5 Å². The Kier molecular flexibility index (Phi) is 2.97. The zero-order valence-corrected chi connectivity index (χ0v) is 9.14. The third-order valence-electron chi connectivity index (χ3n) is 1.99. The summed E-state index contributed by atoms with van der Waals surface area (Å²) in [4.78, 5) is 12.6. The number of rotatable bonds is 2. The van der Waals surface area contributed by atoms with Gasteiger partial charge in [-0.1, -0.05) is 18.2 Å². The summed E-state index contributed by atoms with van der Waals surface area (Å²) in [6.45, 7) is 2.19. The first kappa shape index (κ1) is 10.1. The summed E-state index contributed by atoms with van der Waals surface area (Å²) in [5.74, 6) is -0.306. The van der Waals surface area contributed by atoms with Crippen LogP contribution in [0.2, 0.25) is 0 Å². The number of hydrogen-bond acceptors (Lipinski definition) is 4. The minimum absolute atomic E-state index is 0.306. The molecule has 0 unspecified atom stereocenters. The van der Waals surface area contributed by atoms with Gasteiger partial charge in [0.1, 0.15) is 5.70 Å². The molecule has 4 heteroatoms. The molecule has 0 atom stereocenters. The van der Waals surface area contributed by atoms with Gasteiger partial charge in [-0.05, 0) is 36.6 Å². The van der Waals surface area contributed by atoms with Gasteiger partial charge in [0, 0.05) is 4.90 Å². The van der Waals surface area contributed by atoms with Gasteiger partial charge < -0.3 is 9.46 Å². The van der Waals surface area contributed by atoms with E-state index in [9.17, 15) is 4.79 Å². The van der Waals surface area contributed by atoms with Crippen molar-refractivity contribution in [1.29, 1.82) is 0 Å². The van der Waals surface area contributed by atoms with E-state index in [4.69, 9.17) is 4.74 Å². The van der Waals surface area contributed by atoms with Gasteiger partial charge in [-0.15, -0.1) is 0 Å². The molecule has 78 valence electrons. The molecule has 1 aromatic carbocycles. The fourth-order valence-electron chi connectivity index (χ4n) is 1.30. The number of esters is 1. The number of carbonyl (C=O) groups is 1. The summed E-state index contributed by atoms with van der Waals surface area (Å²) in [6, 6.07) is 7.90. The number of benzene rings is 1. The van der Waals surface area contributed by atoms with Crippen LogP contribution in [0.25, 0.3) is 6.08 Å². The van der Waals surface area contributed by atoms with E-state index < -0.39 is 0 Å². The molecule has 0 saturated carbocycles. The maximum Gasteiger partial charge on any atom is 0.355 e. The molecule has 15 heavy (non-hydrogen) atoms. The summed E-state index contributed by atoms with van der Waals surface area (Å²) in [5, 5.41) is 0. The van der Waals surface area contributed by atoms with Crippen LogP contribution in [0.5, 0.6) is 0 Å². The van der Waals surface area contributed by atoms with E-state index in [1.807, 2.05) is 30.3 Å². The Morgan fingerprint density at radius 2 is 2.27 bits per heavy atom. The lowest BCUT2D eigenvalue weighted by atomic mass is 10.2. The molecule has 1 aromatic rings. The number of carbonyl (C=O) groups excluding carboxylic acids is 1. The van der Waals surface area contributed by atoms with Gasteiger partial charge in [-0.3, -0.25) is 0 Å². The van der Waals surface area contributed by atoms with Crippen LogP contribution in [-0.2, 0) is 9.53 Å². The van der Waals surface area contributed by atoms with Crippen LogP contribution in [0.3, 0.4) is 0 Å².